The molecule has 0 saturated heterocycles. The Hall–Kier alpha value is 3.09. The van der Waals surface area contributed by atoms with Gasteiger partial charge in [0.2, 0.25) is 0 Å². The molecule has 15 heavy (non-hydrogen) atoms. The largest absolute Gasteiger partial charge is 1.00 e. The van der Waals surface area contributed by atoms with E-state index in [2.05, 4.69) is 10.2 Å². The first-order valence-electron chi connectivity index (χ1n) is 2.90. The summed E-state index contributed by atoms with van der Waals surface area (Å²) < 4.78 is 9.23. The van der Waals surface area contributed by atoms with E-state index in [4.69, 9.17) is 3.32 Å². The predicted molar refractivity (Wildman–Crippen MR) is 27.9 cm³/mol. The van der Waals surface area contributed by atoms with Gasteiger partial charge < -0.3 is 74.4 Å². The van der Waals surface area contributed by atoms with Gasteiger partial charge in [-0.25, -0.2) is 0 Å². The van der Waals surface area contributed by atoms with E-state index in [1.54, 1.807) is 41.6 Å². The maximum atomic E-state index is 4.69. The van der Waals surface area contributed by atoms with E-state index >= 15 is 0 Å². The second-order valence-electron chi connectivity index (χ2n) is 1.28. The average molecular weight is 413 g/mol. The molecule has 0 N–H and O–H groups in total. The van der Waals surface area contributed by atoms with Gasteiger partial charge in [-0.05, 0) is 0 Å². The molecule has 0 spiro atoms. The summed E-state index contributed by atoms with van der Waals surface area (Å²) in [4.78, 5) is 0. The third kappa shape index (κ3) is 105. The van der Waals surface area contributed by atoms with Crippen molar-refractivity contribution in [2.24, 2.45) is 0 Å². The SMILES string of the molecule is CCC[O][Ti+3].CC[O][Ti+3].[Cl-].[Cl-].[Cl-].[Cl-].[Cl-].[Cl-]. The normalized spacial score (nSPS) is 4.93. The minimum atomic E-state index is 0. The molecule has 0 unspecified atom stereocenters. The van der Waals surface area contributed by atoms with Gasteiger partial charge >= 0.3 is 81.8 Å². The zero-order chi connectivity index (χ0) is 7.54. The summed E-state index contributed by atoms with van der Waals surface area (Å²) in [6, 6.07) is 0. The van der Waals surface area contributed by atoms with Crippen LogP contribution in [0.3, 0.4) is 0 Å². The molecular weight excluding hydrogens is 401 g/mol. The Morgan fingerprint density at radius 1 is 0.733 bits per heavy atom. The van der Waals surface area contributed by atoms with Crippen LogP contribution in [0.15, 0.2) is 0 Å². The molecule has 0 aliphatic rings. The molecule has 10 heteroatoms. The zero-order valence-electron chi connectivity index (χ0n) is 8.21. The molecule has 0 heterocycles. The van der Waals surface area contributed by atoms with Crippen molar-refractivity contribution < 1.29 is 123 Å². The zero-order valence-corrected chi connectivity index (χ0v) is 15.9. The molecule has 0 atom stereocenters. The maximum absolute atomic E-state index is 4.69. The predicted octanol–water partition coefficient (Wildman–Crippen LogP) is -16.6. The summed E-state index contributed by atoms with van der Waals surface area (Å²) in [6.45, 7) is 5.75. The molecule has 0 aliphatic heterocycles. The number of halogens is 6. The van der Waals surface area contributed by atoms with Gasteiger partial charge in [0.05, 0.1) is 0 Å². The van der Waals surface area contributed by atoms with Crippen molar-refractivity contribution in [2.75, 3.05) is 13.2 Å². The molecule has 0 aliphatic carbocycles. The smallest absolute Gasteiger partial charge is 1.00 e. The molecule has 0 aromatic carbocycles. The van der Waals surface area contributed by atoms with Crippen LogP contribution < -0.4 is 74.4 Å². The van der Waals surface area contributed by atoms with Crippen LogP contribution in [-0.2, 0) is 48.3 Å². The van der Waals surface area contributed by atoms with Crippen LogP contribution in [-0.4, -0.2) is 13.2 Å². The molecule has 0 aromatic heterocycles. The number of hydrogen-bond acceptors (Lipinski definition) is 2. The van der Waals surface area contributed by atoms with Crippen LogP contribution in [0, 0.1) is 0 Å². The Bertz CT molecular complexity index is 46.7. The van der Waals surface area contributed by atoms with E-state index in [-0.39, 0.29) is 74.4 Å². The van der Waals surface area contributed by atoms with E-state index in [0.717, 1.165) is 19.6 Å². The molecule has 94 valence electrons. The summed E-state index contributed by atoms with van der Waals surface area (Å²) >= 11 is 3.39. The van der Waals surface area contributed by atoms with Crippen LogP contribution in [0.5, 0.6) is 0 Å². The van der Waals surface area contributed by atoms with Crippen molar-refractivity contribution in [2.45, 2.75) is 20.3 Å². The summed E-state index contributed by atoms with van der Waals surface area (Å²) in [5.41, 5.74) is 0. The average Bonchev–Trinajstić information content (AvgIpc) is 1.91. The summed E-state index contributed by atoms with van der Waals surface area (Å²) in [7, 11) is 0. The monoisotopic (exact) mass is 410 g/mol. The van der Waals surface area contributed by atoms with Gasteiger partial charge in [0.25, 0.3) is 0 Å². The van der Waals surface area contributed by atoms with E-state index in [9.17, 15) is 0 Å². The summed E-state index contributed by atoms with van der Waals surface area (Å²) in [5, 5.41) is 0. The molecule has 0 amide bonds. The Kier molecular flexibility index (Phi) is 234. The minimum Gasteiger partial charge on any atom is -1.00 e. The van der Waals surface area contributed by atoms with Crippen molar-refractivity contribution in [1.82, 2.24) is 0 Å². The minimum absolute atomic E-state index is 0. The van der Waals surface area contributed by atoms with Crippen molar-refractivity contribution in [1.29, 1.82) is 0 Å². The van der Waals surface area contributed by atoms with Gasteiger partial charge in [0.15, 0.2) is 0 Å². The summed E-state index contributed by atoms with van der Waals surface area (Å²) in [5.74, 6) is 0. The maximum Gasteiger partial charge on any atom is -1.00 e. The second-order valence-corrected chi connectivity index (χ2v) is 2.18. The first-order valence-corrected chi connectivity index (χ1v) is 4.17. The fourth-order valence-electron chi connectivity index (χ4n) is 0.102. The number of rotatable bonds is 3. The molecular formula is C5H12Cl6O2Ti2. The molecule has 0 saturated carbocycles. The van der Waals surface area contributed by atoms with E-state index in [1.165, 1.54) is 0 Å². The quantitative estimate of drug-likeness (QED) is 0.429. The topological polar surface area (TPSA) is 18.5 Å². The Labute approximate surface area is 154 Å². The molecule has 0 aromatic rings. The fraction of sp³-hybridized carbons (Fsp3) is 1.00. The van der Waals surface area contributed by atoms with E-state index in [1.807, 2.05) is 6.92 Å². The Morgan fingerprint density at radius 3 is 1.00 bits per heavy atom. The van der Waals surface area contributed by atoms with Crippen LogP contribution in [0.25, 0.3) is 0 Å². The Balaban J connectivity index is -0.00000000785. The van der Waals surface area contributed by atoms with Crippen LogP contribution in [0.4, 0.5) is 0 Å². The summed E-state index contributed by atoms with van der Waals surface area (Å²) in [6.07, 6.45) is 1.12. The van der Waals surface area contributed by atoms with Gasteiger partial charge in [-0.1, -0.05) is 0 Å². The van der Waals surface area contributed by atoms with Crippen LogP contribution in [0.1, 0.15) is 20.3 Å². The first kappa shape index (κ1) is 51.9. The molecule has 2 nitrogen and oxygen atoms in total. The molecule has 0 radical (unpaired) electrons. The molecule has 0 rings (SSSR count). The fourth-order valence-corrected chi connectivity index (χ4v) is 0.421. The standard InChI is InChI=1S/C3H7O.C2H5O.6ClH.2Ti/c1-2-3-4;1-2-3;;;;;;;;/h2-3H2,1H3;2H2,1H3;6*1H;;/q2*-1;;;;;;;2*+4/p-6. The number of hydrogen-bond donors (Lipinski definition) is 0. The third-order valence-corrected chi connectivity index (χ3v) is 1.22. The van der Waals surface area contributed by atoms with Crippen molar-refractivity contribution in [3.05, 3.63) is 0 Å². The van der Waals surface area contributed by atoms with Gasteiger partial charge in [0, 0.05) is 0 Å². The Morgan fingerprint density at radius 2 is 1.00 bits per heavy atom. The van der Waals surface area contributed by atoms with E-state index < -0.39 is 0 Å². The van der Waals surface area contributed by atoms with Gasteiger partial charge in [-0.15, -0.1) is 0 Å². The molecule has 0 fully saturated rings. The van der Waals surface area contributed by atoms with Crippen LogP contribution >= 0.6 is 0 Å². The molecule has 0 bridgehead atoms. The van der Waals surface area contributed by atoms with E-state index in [0.29, 0.717) is 0 Å². The second kappa shape index (κ2) is 67.6. The van der Waals surface area contributed by atoms with Crippen molar-refractivity contribution in [3.63, 3.8) is 0 Å². The third-order valence-electron chi connectivity index (χ3n) is 0.451. The van der Waals surface area contributed by atoms with Gasteiger partial charge in [-0.2, -0.15) is 0 Å². The van der Waals surface area contributed by atoms with Gasteiger partial charge in [-0.3, -0.25) is 0 Å². The first-order chi connectivity index (χ1) is 4.33. The van der Waals surface area contributed by atoms with Crippen molar-refractivity contribution >= 4 is 0 Å². The van der Waals surface area contributed by atoms with Crippen LogP contribution in [0.2, 0.25) is 0 Å². The van der Waals surface area contributed by atoms with Gasteiger partial charge in [0.1, 0.15) is 0 Å². The van der Waals surface area contributed by atoms with Crippen molar-refractivity contribution in [3.8, 4) is 0 Å².